The van der Waals surface area contributed by atoms with E-state index in [0.29, 0.717) is 24.7 Å². The number of methoxy groups -OCH3 is 2. The van der Waals surface area contributed by atoms with Crippen molar-refractivity contribution in [1.29, 1.82) is 0 Å². The van der Waals surface area contributed by atoms with Crippen LogP contribution < -0.4 is 9.47 Å². The highest BCUT2D eigenvalue weighted by atomic mass is 79.9. The second-order valence-corrected chi connectivity index (χ2v) is 5.39. The first kappa shape index (κ1) is 14.6. The van der Waals surface area contributed by atoms with Gasteiger partial charge in [0.2, 0.25) is 0 Å². The number of aliphatic hydroxyl groups excluding tert-OH is 1. The van der Waals surface area contributed by atoms with Gasteiger partial charge in [-0.15, -0.1) is 0 Å². The number of hydrogen-bond donors (Lipinski definition) is 1. The van der Waals surface area contributed by atoms with Crippen LogP contribution >= 0.6 is 15.9 Å². The van der Waals surface area contributed by atoms with E-state index in [2.05, 4.69) is 15.9 Å². The van der Waals surface area contributed by atoms with Gasteiger partial charge in [-0.2, -0.15) is 0 Å². The standard InChI is InChI=1S/C14H19BrO4/c1-17-11-4-3-10(14(18-2)12(11)15)13(16)9-5-7-19-8-6-9/h3-4,9,13,16H,5-8H2,1-2H3. The van der Waals surface area contributed by atoms with E-state index in [-0.39, 0.29) is 5.92 Å². The molecule has 0 spiro atoms. The minimum absolute atomic E-state index is 0.211. The third-order valence-corrected chi connectivity index (χ3v) is 4.30. The Labute approximate surface area is 121 Å². The average Bonchev–Trinajstić information content (AvgIpc) is 2.47. The second-order valence-electron chi connectivity index (χ2n) is 4.60. The summed E-state index contributed by atoms with van der Waals surface area (Å²) in [6.45, 7) is 1.42. The summed E-state index contributed by atoms with van der Waals surface area (Å²) in [5, 5.41) is 10.5. The van der Waals surface area contributed by atoms with Crippen LogP contribution in [0.3, 0.4) is 0 Å². The fourth-order valence-corrected chi connectivity index (χ4v) is 3.12. The smallest absolute Gasteiger partial charge is 0.142 e. The van der Waals surface area contributed by atoms with Crippen LogP contribution in [0.1, 0.15) is 24.5 Å². The van der Waals surface area contributed by atoms with Crippen molar-refractivity contribution >= 4 is 15.9 Å². The van der Waals surface area contributed by atoms with Gasteiger partial charge in [0.15, 0.2) is 0 Å². The van der Waals surface area contributed by atoms with Gasteiger partial charge in [0.05, 0.1) is 20.3 Å². The molecule has 0 amide bonds. The van der Waals surface area contributed by atoms with E-state index in [4.69, 9.17) is 14.2 Å². The predicted molar refractivity (Wildman–Crippen MR) is 75.7 cm³/mol. The minimum Gasteiger partial charge on any atom is -0.495 e. The maximum absolute atomic E-state index is 10.5. The predicted octanol–water partition coefficient (Wildman–Crippen LogP) is 2.93. The first-order valence-corrected chi connectivity index (χ1v) is 7.14. The zero-order chi connectivity index (χ0) is 13.8. The van der Waals surface area contributed by atoms with Crippen molar-refractivity contribution in [2.24, 2.45) is 5.92 Å². The monoisotopic (exact) mass is 330 g/mol. The molecule has 1 saturated heterocycles. The van der Waals surface area contributed by atoms with Crippen molar-refractivity contribution < 1.29 is 19.3 Å². The van der Waals surface area contributed by atoms with Gasteiger partial charge in [-0.1, -0.05) is 0 Å². The first-order valence-electron chi connectivity index (χ1n) is 6.35. The number of hydrogen-bond acceptors (Lipinski definition) is 4. The third kappa shape index (κ3) is 3.04. The van der Waals surface area contributed by atoms with Crippen LogP contribution in [0, 0.1) is 5.92 Å². The molecule has 1 atom stereocenters. The largest absolute Gasteiger partial charge is 0.495 e. The molecule has 0 saturated carbocycles. The summed E-state index contributed by atoms with van der Waals surface area (Å²) >= 11 is 3.46. The Hall–Kier alpha value is -0.780. The van der Waals surface area contributed by atoms with Gasteiger partial charge in [-0.25, -0.2) is 0 Å². The molecule has 5 heteroatoms. The Morgan fingerprint density at radius 2 is 1.95 bits per heavy atom. The van der Waals surface area contributed by atoms with E-state index in [9.17, 15) is 5.11 Å². The van der Waals surface area contributed by atoms with Crippen LogP contribution in [-0.4, -0.2) is 32.5 Å². The van der Waals surface area contributed by atoms with Crippen molar-refractivity contribution in [3.63, 3.8) is 0 Å². The van der Waals surface area contributed by atoms with Gasteiger partial charge in [0.25, 0.3) is 0 Å². The SMILES string of the molecule is COc1ccc(C(O)C2CCOCC2)c(OC)c1Br. The molecule has 0 radical (unpaired) electrons. The molecule has 0 aromatic heterocycles. The number of halogens is 1. The lowest BCUT2D eigenvalue weighted by atomic mass is 9.89. The second kappa shape index (κ2) is 6.59. The van der Waals surface area contributed by atoms with Gasteiger partial charge < -0.3 is 19.3 Å². The summed E-state index contributed by atoms with van der Waals surface area (Å²) in [5.41, 5.74) is 0.794. The third-order valence-electron chi connectivity index (χ3n) is 3.55. The molecule has 4 nitrogen and oxygen atoms in total. The Balaban J connectivity index is 2.30. The summed E-state index contributed by atoms with van der Waals surface area (Å²) < 4.78 is 16.7. The van der Waals surface area contributed by atoms with E-state index >= 15 is 0 Å². The maximum atomic E-state index is 10.5. The average molecular weight is 331 g/mol. The summed E-state index contributed by atoms with van der Waals surface area (Å²) in [6.07, 6.45) is 1.20. The molecular weight excluding hydrogens is 312 g/mol. The first-order chi connectivity index (χ1) is 9.19. The van der Waals surface area contributed by atoms with Gasteiger partial charge in [-0.3, -0.25) is 0 Å². The summed E-state index contributed by atoms with van der Waals surface area (Å²) in [7, 11) is 3.20. The topological polar surface area (TPSA) is 47.9 Å². The molecule has 19 heavy (non-hydrogen) atoms. The quantitative estimate of drug-likeness (QED) is 0.922. The number of aliphatic hydroxyl groups is 1. The van der Waals surface area contributed by atoms with Crippen LogP contribution in [0.4, 0.5) is 0 Å². The lowest BCUT2D eigenvalue weighted by molar-refractivity contribution is 0.00631. The number of ether oxygens (including phenoxy) is 3. The minimum atomic E-state index is -0.541. The molecule has 106 valence electrons. The normalized spacial score (nSPS) is 18.1. The summed E-state index contributed by atoms with van der Waals surface area (Å²) in [5.74, 6) is 1.54. The number of benzene rings is 1. The molecule has 1 aromatic carbocycles. The molecule has 1 heterocycles. The summed E-state index contributed by atoms with van der Waals surface area (Å²) in [6, 6.07) is 3.70. The van der Waals surface area contributed by atoms with Crippen LogP contribution in [0.25, 0.3) is 0 Å². The van der Waals surface area contributed by atoms with E-state index in [1.54, 1.807) is 14.2 Å². The Bertz CT molecular complexity index is 430. The molecule has 0 bridgehead atoms. The molecular formula is C14H19BrO4. The van der Waals surface area contributed by atoms with Gasteiger partial charge in [0, 0.05) is 18.8 Å². The zero-order valence-corrected chi connectivity index (χ0v) is 12.8. The van der Waals surface area contributed by atoms with Crippen LogP contribution in [0.5, 0.6) is 11.5 Å². The molecule has 1 unspecified atom stereocenters. The van der Waals surface area contributed by atoms with Crippen molar-refractivity contribution in [2.45, 2.75) is 18.9 Å². The van der Waals surface area contributed by atoms with E-state index in [1.165, 1.54) is 0 Å². The molecule has 2 rings (SSSR count). The highest BCUT2D eigenvalue weighted by Gasteiger charge is 2.27. The fraction of sp³-hybridized carbons (Fsp3) is 0.571. The van der Waals surface area contributed by atoms with Crippen molar-refractivity contribution in [1.82, 2.24) is 0 Å². The highest BCUT2D eigenvalue weighted by molar-refractivity contribution is 9.10. The van der Waals surface area contributed by atoms with Crippen LogP contribution in [0.15, 0.2) is 16.6 Å². The van der Waals surface area contributed by atoms with E-state index in [0.717, 1.165) is 22.9 Å². The Morgan fingerprint density at radius 1 is 1.26 bits per heavy atom. The van der Waals surface area contributed by atoms with Crippen LogP contribution in [0.2, 0.25) is 0 Å². The maximum Gasteiger partial charge on any atom is 0.142 e. The van der Waals surface area contributed by atoms with Gasteiger partial charge >= 0.3 is 0 Å². The lowest BCUT2D eigenvalue weighted by Crippen LogP contribution is -2.22. The lowest BCUT2D eigenvalue weighted by Gasteiger charge is -2.28. The molecule has 0 aliphatic carbocycles. The van der Waals surface area contributed by atoms with Crippen molar-refractivity contribution in [3.8, 4) is 11.5 Å². The summed E-state index contributed by atoms with van der Waals surface area (Å²) in [4.78, 5) is 0. The van der Waals surface area contributed by atoms with Gasteiger partial charge in [-0.05, 0) is 46.8 Å². The Kier molecular flexibility index (Phi) is 5.07. The molecule has 1 aliphatic rings. The van der Waals surface area contributed by atoms with Crippen LogP contribution in [-0.2, 0) is 4.74 Å². The fourth-order valence-electron chi connectivity index (χ4n) is 2.44. The number of rotatable bonds is 4. The zero-order valence-electron chi connectivity index (χ0n) is 11.2. The Morgan fingerprint density at radius 3 is 2.53 bits per heavy atom. The molecule has 1 aliphatic heterocycles. The van der Waals surface area contributed by atoms with Gasteiger partial charge in [0.1, 0.15) is 16.0 Å². The molecule has 1 aromatic rings. The van der Waals surface area contributed by atoms with E-state index < -0.39 is 6.10 Å². The van der Waals surface area contributed by atoms with Crippen molar-refractivity contribution in [2.75, 3.05) is 27.4 Å². The van der Waals surface area contributed by atoms with Crippen molar-refractivity contribution in [3.05, 3.63) is 22.2 Å². The molecule has 1 fully saturated rings. The molecule has 1 N–H and O–H groups in total. The van der Waals surface area contributed by atoms with E-state index in [1.807, 2.05) is 12.1 Å². The highest BCUT2D eigenvalue weighted by Crippen LogP contribution is 2.42.